The highest BCUT2D eigenvalue weighted by atomic mass is 32.1. The third-order valence-corrected chi connectivity index (χ3v) is 5.34. The van der Waals surface area contributed by atoms with Crippen LogP contribution in [0.25, 0.3) is 11.2 Å². The van der Waals surface area contributed by atoms with Crippen molar-refractivity contribution in [3.63, 3.8) is 0 Å². The van der Waals surface area contributed by atoms with Gasteiger partial charge in [-0.2, -0.15) is 0 Å². The average Bonchev–Trinajstić information content (AvgIpc) is 3.21. The van der Waals surface area contributed by atoms with E-state index in [0.717, 1.165) is 61.3 Å². The number of fused-ring (bicyclic) bond motifs is 1. The summed E-state index contributed by atoms with van der Waals surface area (Å²) in [6.45, 7) is 9.99. The summed E-state index contributed by atoms with van der Waals surface area (Å²) < 4.78 is 2.06. The Morgan fingerprint density at radius 3 is 2.62 bits per heavy atom. The summed E-state index contributed by atoms with van der Waals surface area (Å²) >= 11 is 1.79. The van der Waals surface area contributed by atoms with Crippen LogP contribution in [0.5, 0.6) is 0 Å². The average molecular weight is 343 g/mol. The number of nitrogens with zero attached hydrogens (tertiary/aromatic N) is 7. The number of rotatable bonds is 4. The van der Waals surface area contributed by atoms with Crippen LogP contribution in [0.3, 0.4) is 0 Å². The van der Waals surface area contributed by atoms with Crippen molar-refractivity contribution in [3.8, 4) is 0 Å². The number of hydrogen-bond donors (Lipinski definition) is 0. The summed E-state index contributed by atoms with van der Waals surface area (Å²) in [5.41, 5.74) is 1.83. The fraction of sp³-hybridized carbons (Fsp3) is 0.500. The Hall–Kier alpha value is -2.06. The highest BCUT2D eigenvalue weighted by Crippen LogP contribution is 2.23. The molecule has 8 heteroatoms. The van der Waals surface area contributed by atoms with Crippen molar-refractivity contribution >= 4 is 28.3 Å². The van der Waals surface area contributed by atoms with Crippen LogP contribution in [0.15, 0.2) is 18.9 Å². The normalized spacial score (nSPS) is 16.2. The first-order valence-electron chi connectivity index (χ1n) is 8.29. The molecule has 1 aliphatic heterocycles. The van der Waals surface area contributed by atoms with Crippen LogP contribution in [0, 0.1) is 6.92 Å². The number of piperazine rings is 1. The molecule has 3 aromatic heterocycles. The quantitative estimate of drug-likeness (QED) is 0.721. The molecule has 3 aromatic rings. The van der Waals surface area contributed by atoms with Crippen LogP contribution in [-0.4, -0.2) is 55.6 Å². The zero-order chi connectivity index (χ0) is 16.5. The Kier molecular flexibility index (Phi) is 4.15. The first-order chi connectivity index (χ1) is 11.7. The van der Waals surface area contributed by atoms with Gasteiger partial charge in [0, 0.05) is 50.3 Å². The molecule has 0 saturated carbocycles. The molecule has 24 heavy (non-hydrogen) atoms. The molecule has 0 amide bonds. The molecule has 1 fully saturated rings. The topological polar surface area (TPSA) is 63.0 Å². The fourth-order valence-electron chi connectivity index (χ4n) is 3.15. The van der Waals surface area contributed by atoms with Crippen LogP contribution in [0.4, 0.5) is 5.82 Å². The number of thiazole rings is 1. The van der Waals surface area contributed by atoms with Gasteiger partial charge in [0.15, 0.2) is 17.0 Å². The van der Waals surface area contributed by atoms with Gasteiger partial charge in [0.2, 0.25) is 0 Å². The predicted molar refractivity (Wildman–Crippen MR) is 95.3 cm³/mol. The molecule has 126 valence electrons. The van der Waals surface area contributed by atoms with Gasteiger partial charge in [0.05, 0.1) is 11.3 Å². The molecule has 0 aromatic carbocycles. The molecule has 1 saturated heterocycles. The first kappa shape index (κ1) is 15.5. The van der Waals surface area contributed by atoms with E-state index < -0.39 is 0 Å². The van der Waals surface area contributed by atoms with Crippen molar-refractivity contribution in [2.75, 3.05) is 31.1 Å². The van der Waals surface area contributed by atoms with Gasteiger partial charge >= 0.3 is 0 Å². The van der Waals surface area contributed by atoms with Gasteiger partial charge in [-0.05, 0) is 13.8 Å². The lowest BCUT2D eigenvalue weighted by molar-refractivity contribution is 0.251. The second kappa shape index (κ2) is 6.45. The summed E-state index contributed by atoms with van der Waals surface area (Å²) in [5.74, 6) is 0.959. The van der Waals surface area contributed by atoms with Crippen LogP contribution in [-0.2, 0) is 13.1 Å². The maximum Gasteiger partial charge on any atom is 0.165 e. The Morgan fingerprint density at radius 1 is 1.08 bits per heavy atom. The molecule has 0 aliphatic carbocycles. The van der Waals surface area contributed by atoms with Gasteiger partial charge in [0.25, 0.3) is 0 Å². The second-order valence-electron chi connectivity index (χ2n) is 6.01. The van der Waals surface area contributed by atoms with Gasteiger partial charge in [-0.1, -0.05) is 0 Å². The zero-order valence-corrected chi connectivity index (χ0v) is 14.8. The molecule has 0 N–H and O–H groups in total. The minimum Gasteiger partial charge on any atom is -0.352 e. The van der Waals surface area contributed by atoms with Crippen LogP contribution in [0.2, 0.25) is 0 Å². The predicted octanol–water partition coefficient (Wildman–Crippen LogP) is 1.93. The van der Waals surface area contributed by atoms with Crippen LogP contribution < -0.4 is 4.90 Å². The van der Waals surface area contributed by atoms with Gasteiger partial charge < -0.3 is 9.47 Å². The molecule has 4 rings (SSSR count). The van der Waals surface area contributed by atoms with E-state index in [1.807, 2.05) is 12.5 Å². The third kappa shape index (κ3) is 2.87. The first-order valence-corrected chi connectivity index (χ1v) is 9.10. The Labute approximate surface area is 145 Å². The molecule has 7 nitrogen and oxygen atoms in total. The van der Waals surface area contributed by atoms with Crippen molar-refractivity contribution in [1.82, 2.24) is 29.4 Å². The highest BCUT2D eigenvalue weighted by Gasteiger charge is 2.21. The standard InChI is InChI=1S/C16H21N7S/c1-3-22-11-20-14-15(22)18-10-19-16(14)23-6-4-21(5-7-23)9-13-8-17-12(2)24-13/h8,10-11H,3-7,9H2,1-2H3. The van der Waals surface area contributed by atoms with E-state index >= 15 is 0 Å². The molecule has 0 unspecified atom stereocenters. The SMILES string of the molecule is CCn1cnc2c(N3CCN(Cc4cnc(C)s4)CC3)ncnc21. The summed E-state index contributed by atoms with van der Waals surface area (Å²) in [5, 5.41) is 1.14. The van der Waals surface area contributed by atoms with Gasteiger partial charge in [-0.15, -0.1) is 11.3 Å². The molecule has 1 aliphatic rings. The van der Waals surface area contributed by atoms with E-state index in [4.69, 9.17) is 0 Å². The fourth-order valence-corrected chi connectivity index (χ4v) is 3.99. The minimum atomic E-state index is 0.870. The summed E-state index contributed by atoms with van der Waals surface area (Å²) in [4.78, 5) is 23.9. The number of hydrogen-bond acceptors (Lipinski definition) is 7. The summed E-state index contributed by atoms with van der Waals surface area (Å²) in [7, 11) is 0. The molecule has 0 spiro atoms. The molecule has 0 bridgehead atoms. The monoisotopic (exact) mass is 343 g/mol. The number of aryl methyl sites for hydroxylation is 2. The molecular weight excluding hydrogens is 322 g/mol. The number of aromatic nitrogens is 5. The van der Waals surface area contributed by atoms with Crippen molar-refractivity contribution < 1.29 is 0 Å². The molecule has 0 radical (unpaired) electrons. The lowest BCUT2D eigenvalue weighted by Crippen LogP contribution is -2.46. The third-order valence-electron chi connectivity index (χ3n) is 4.44. The molecular formula is C16H21N7S. The van der Waals surface area contributed by atoms with Crippen molar-refractivity contribution in [2.45, 2.75) is 26.9 Å². The molecule has 0 atom stereocenters. The van der Waals surface area contributed by atoms with Gasteiger partial charge in [0.1, 0.15) is 6.33 Å². The smallest absolute Gasteiger partial charge is 0.165 e. The van der Waals surface area contributed by atoms with E-state index in [1.165, 1.54) is 4.88 Å². The van der Waals surface area contributed by atoms with E-state index in [-0.39, 0.29) is 0 Å². The summed E-state index contributed by atoms with van der Waals surface area (Å²) in [6, 6.07) is 0. The van der Waals surface area contributed by atoms with Crippen molar-refractivity contribution in [2.24, 2.45) is 0 Å². The largest absolute Gasteiger partial charge is 0.352 e. The maximum absolute atomic E-state index is 4.53. The number of imidazole rings is 1. The van der Waals surface area contributed by atoms with Crippen molar-refractivity contribution in [3.05, 3.63) is 28.7 Å². The maximum atomic E-state index is 4.53. The lowest BCUT2D eigenvalue weighted by Gasteiger charge is -2.35. The summed E-state index contributed by atoms with van der Waals surface area (Å²) in [6.07, 6.45) is 5.50. The van der Waals surface area contributed by atoms with E-state index in [9.17, 15) is 0 Å². The zero-order valence-electron chi connectivity index (χ0n) is 14.0. The van der Waals surface area contributed by atoms with Gasteiger partial charge in [-0.3, -0.25) is 4.90 Å². The molecule has 4 heterocycles. The second-order valence-corrected chi connectivity index (χ2v) is 7.33. The van der Waals surface area contributed by atoms with Gasteiger partial charge in [-0.25, -0.2) is 19.9 Å². The van der Waals surface area contributed by atoms with E-state index in [2.05, 4.69) is 48.2 Å². The van der Waals surface area contributed by atoms with E-state index in [1.54, 1.807) is 17.7 Å². The Morgan fingerprint density at radius 2 is 1.92 bits per heavy atom. The van der Waals surface area contributed by atoms with E-state index in [0.29, 0.717) is 0 Å². The van der Waals surface area contributed by atoms with Crippen LogP contribution in [0.1, 0.15) is 16.8 Å². The lowest BCUT2D eigenvalue weighted by atomic mass is 10.3. The Bertz CT molecular complexity index is 832. The Balaban J connectivity index is 1.47. The van der Waals surface area contributed by atoms with Crippen LogP contribution >= 0.6 is 11.3 Å². The van der Waals surface area contributed by atoms with Crippen molar-refractivity contribution in [1.29, 1.82) is 0 Å². The number of anilines is 1. The minimum absolute atomic E-state index is 0.870. The highest BCUT2D eigenvalue weighted by molar-refractivity contribution is 7.11.